The summed E-state index contributed by atoms with van der Waals surface area (Å²) in [5, 5.41) is 0.785. The monoisotopic (exact) mass is 274 g/mol. The first-order valence-electron chi connectivity index (χ1n) is 6.53. The third-order valence-corrected chi connectivity index (χ3v) is 6.21. The van der Waals surface area contributed by atoms with Gasteiger partial charge in [0, 0.05) is 5.30 Å². The highest BCUT2D eigenvalue weighted by Gasteiger charge is 2.33. The molecule has 2 unspecified atom stereocenters. The quantitative estimate of drug-likeness (QED) is 0.756. The average molecular weight is 274 g/mol. The summed E-state index contributed by atoms with van der Waals surface area (Å²) in [5.74, 6) is 0. The molecule has 2 aromatic rings. The lowest BCUT2D eigenvalue weighted by Gasteiger charge is -2.25. The Kier molecular flexibility index (Phi) is 4.57. The van der Waals surface area contributed by atoms with Crippen LogP contribution in [0.2, 0.25) is 0 Å². The van der Waals surface area contributed by atoms with Gasteiger partial charge in [-0.2, -0.15) is 0 Å². The van der Waals surface area contributed by atoms with Crippen LogP contribution >= 0.6 is 7.37 Å². The van der Waals surface area contributed by atoms with Crippen molar-refractivity contribution in [3.8, 4) is 0 Å². The molecule has 3 heteroatoms. The summed E-state index contributed by atoms with van der Waals surface area (Å²) in [5.41, 5.74) is 0.902. The molecule has 0 N–H and O–H groups in total. The second-order valence-electron chi connectivity index (χ2n) is 4.44. The lowest BCUT2D eigenvalue weighted by Crippen LogP contribution is -2.12. The van der Waals surface area contributed by atoms with Gasteiger partial charge in [0.15, 0.2) is 0 Å². The van der Waals surface area contributed by atoms with Crippen LogP contribution in [-0.2, 0) is 9.09 Å². The van der Waals surface area contributed by atoms with Crippen molar-refractivity contribution in [2.45, 2.75) is 19.5 Å². The molecule has 2 nitrogen and oxygen atoms in total. The van der Waals surface area contributed by atoms with Crippen LogP contribution in [0.15, 0.2) is 60.7 Å². The van der Waals surface area contributed by atoms with Gasteiger partial charge in [0.1, 0.15) is 0 Å². The highest BCUT2D eigenvalue weighted by molar-refractivity contribution is 7.67. The highest BCUT2D eigenvalue weighted by atomic mass is 31.2. The Labute approximate surface area is 114 Å². The maximum atomic E-state index is 13.3. The summed E-state index contributed by atoms with van der Waals surface area (Å²) in [6.45, 7) is 4.30. The van der Waals surface area contributed by atoms with Gasteiger partial charge in [0.05, 0.1) is 12.3 Å². The fourth-order valence-corrected chi connectivity index (χ4v) is 4.52. The molecular weight excluding hydrogens is 255 g/mol. The van der Waals surface area contributed by atoms with E-state index in [0.29, 0.717) is 6.61 Å². The molecule has 0 fully saturated rings. The molecule has 2 aromatic carbocycles. The molecule has 0 aromatic heterocycles. The van der Waals surface area contributed by atoms with Crippen molar-refractivity contribution in [2.75, 3.05) is 6.61 Å². The summed E-state index contributed by atoms with van der Waals surface area (Å²) in [4.78, 5) is 0. The minimum Gasteiger partial charge on any atom is -0.325 e. The third kappa shape index (κ3) is 2.97. The summed E-state index contributed by atoms with van der Waals surface area (Å²) in [6.07, 6.45) is 0. The van der Waals surface area contributed by atoms with E-state index < -0.39 is 7.37 Å². The smallest absolute Gasteiger partial charge is 0.239 e. The van der Waals surface area contributed by atoms with E-state index in [4.69, 9.17) is 4.52 Å². The van der Waals surface area contributed by atoms with Gasteiger partial charge in [-0.3, -0.25) is 4.57 Å². The van der Waals surface area contributed by atoms with E-state index in [1.165, 1.54) is 0 Å². The van der Waals surface area contributed by atoms with Crippen LogP contribution < -0.4 is 5.30 Å². The molecule has 0 spiro atoms. The van der Waals surface area contributed by atoms with Crippen molar-refractivity contribution in [3.05, 3.63) is 66.2 Å². The van der Waals surface area contributed by atoms with Crippen LogP contribution in [-0.4, -0.2) is 6.61 Å². The average Bonchev–Trinajstić information content (AvgIpc) is 2.48. The maximum absolute atomic E-state index is 13.3. The van der Waals surface area contributed by atoms with Crippen molar-refractivity contribution >= 4 is 12.7 Å². The van der Waals surface area contributed by atoms with Gasteiger partial charge in [-0.1, -0.05) is 48.5 Å². The van der Waals surface area contributed by atoms with Crippen molar-refractivity contribution in [2.24, 2.45) is 0 Å². The number of hydrogen-bond donors (Lipinski definition) is 0. The zero-order chi connectivity index (χ0) is 13.7. The zero-order valence-corrected chi connectivity index (χ0v) is 12.2. The first-order chi connectivity index (χ1) is 9.18. The number of hydrogen-bond acceptors (Lipinski definition) is 2. The van der Waals surface area contributed by atoms with Crippen LogP contribution in [0, 0.1) is 0 Å². The van der Waals surface area contributed by atoms with Crippen LogP contribution in [0.1, 0.15) is 25.1 Å². The summed E-state index contributed by atoms with van der Waals surface area (Å²) >= 11 is 0. The molecular formula is C16H19O2P. The summed E-state index contributed by atoms with van der Waals surface area (Å²) < 4.78 is 19.0. The lowest BCUT2D eigenvalue weighted by molar-refractivity contribution is 0.335. The first-order valence-corrected chi connectivity index (χ1v) is 8.22. The standard InChI is InChI=1S/C16H19O2P/c1-3-18-19(17,16-12-8-5-9-13-16)14(2)15-10-6-4-7-11-15/h4-14H,3H2,1-2H3. The summed E-state index contributed by atoms with van der Waals surface area (Å²) in [7, 11) is -2.88. The Morgan fingerprint density at radius 2 is 1.53 bits per heavy atom. The minimum atomic E-state index is -2.88. The van der Waals surface area contributed by atoms with E-state index in [0.717, 1.165) is 10.9 Å². The van der Waals surface area contributed by atoms with Crippen molar-refractivity contribution in [1.82, 2.24) is 0 Å². The fraction of sp³-hybridized carbons (Fsp3) is 0.250. The topological polar surface area (TPSA) is 26.3 Å². The van der Waals surface area contributed by atoms with E-state index in [9.17, 15) is 4.57 Å². The van der Waals surface area contributed by atoms with Crippen LogP contribution in [0.3, 0.4) is 0 Å². The van der Waals surface area contributed by atoms with Crippen LogP contribution in [0.5, 0.6) is 0 Å². The van der Waals surface area contributed by atoms with Crippen molar-refractivity contribution in [3.63, 3.8) is 0 Å². The first kappa shape index (κ1) is 14.0. The maximum Gasteiger partial charge on any atom is 0.239 e. The molecule has 2 rings (SSSR count). The summed E-state index contributed by atoms with van der Waals surface area (Å²) in [6, 6.07) is 19.4. The molecule has 100 valence electrons. The second-order valence-corrected chi connectivity index (χ2v) is 7.18. The van der Waals surface area contributed by atoms with E-state index in [2.05, 4.69) is 0 Å². The van der Waals surface area contributed by atoms with Crippen molar-refractivity contribution in [1.29, 1.82) is 0 Å². The predicted molar refractivity (Wildman–Crippen MR) is 80.2 cm³/mol. The molecule has 0 aliphatic heterocycles. The molecule has 0 amide bonds. The van der Waals surface area contributed by atoms with Crippen LogP contribution in [0.25, 0.3) is 0 Å². The van der Waals surface area contributed by atoms with Gasteiger partial charge in [-0.15, -0.1) is 0 Å². The van der Waals surface area contributed by atoms with Gasteiger partial charge in [0.25, 0.3) is 0 Å². The highest BCUT2D eigenvalue weighted by Crippen LogP contribution is 2.58. The van der Waals surface area contributed by atoms with Crippen molar-refractivity contribution < 1.29 is 9.09 Å². The second kappa shape index (κ2) is 6.18. The molecule has 0 aliphatic rings. The molecule has 0 saturated carbocycles. The van der Waals surface area contributed by atoms with E-state index in [1.807, 2.05) is 74.5 Å². The Morgan fingerprint density at radius 1 is 1.00 bits per heavy atom. The normalized spacial score (nSPS) is 15.7. The predicted octanol–water partition coefficient (Wildman–Crippen LogP) is 4.39. The molecule has 0 heterocycles. The Bertz CT molecular complexity index is 551. The van der Waals surface area contributed by atoms with Gasteiger partial charge in [-0.05, 0) is 31.5 Å². The van der Waals surface area contributed by atoms with Gasteiger partial charge in [-0.25, -0.2) is 0 Å². The molecule has 0 saturated heterocycles. The lowest BCUT2D eigenvalue weighted by atomic mass is 10.2. The molecule has 2 atom stereocenters. The molecule has 0 aliphatic carbocycles. The largest absolute Gasteiger partial charge is 0.325 e. The van der Waals surface area contributed by atoms with E-state index in [1.54, 1.807) is 0 Å². The zero-order valence-electron chi connectivity index (χ0n) is 11.3. The van der Waals surface area contributed by atoms with E-state index >= 15 is 0 Å². The number of benzene rings is 2. The number of rotatable bonds is 5. The van der Waals surface area contributed by atoms with Gasteiger partial charge in [0.2, 0.25) is 7.37 Å². The van der Waals surface area contributed by atoms with Gasteiger partial charge < -0.3 is 4.52 Å². The van der Waals surface area contributed by atoms with Gasteiger partial charge >= 0.3 is 0 Å². The Morgan fingerprint density at radius 3 is 2.05 bits per heavy atom. The fourth-order valence-electron chi connectivity index (χ4n) is 2.17. The Hall–Kier alpha value is -1.37. The van der Waals surface area contributed by atoms with Crippen LogP contribution in [0.4, 0.5) is 0 Å². The minimum absolute atomic E-state index is 0.143. The SMILES string of the molecule is CCOP(=O)(c1ccccc1)C(C)c1ccccc1. The van der Waals surface area contributed by atoms with E-state index in [-0.39, 0.29) is 5.66 Å². The molecule has 0 bridgehead atoms. The Balaban J connectivity index is 2.43. The third-order valence-electron chi connectivity index (χ3n) is 3.23. The molecule has 0 radical (unpaired) electrons. The molecule has 19 heavy (non-hydrogen) atoms.